The molecule has 0 radical (unpaired) electrons. The number of hydrogen-bond donors (Lipinski definition) is 3. The molecule has 3 unspecified atom stereocenters. The van der Waals surface area contributed by atoms with Gasteiger partial charge in [0.2, 0.25) is 0 Å². The van der Waals surface area contributed by atoms with Crippen LogP contribution in [0.25, 0.3) is 0 Å². The van der Waals surface area contributed by atoms with Gasteiger partial charge in [0.25, 0.3) is 0 Å². The molecule has 5 rings (SSSR count). The summed E-state index contributed by atoms with van der Waals surface area (Å²) in [6.45, 7) is 2.38. The van der Waals surface area contributed by atoms with Gasteiger partial charge in [-0.15, -0.1) is 11.3 Å². The summed E-state index contributed by atoms with van der Waals surface area (Å²) in [5, 5.41) is 19.5. The molecule has 0 saturated carbocycles. The second-order valence-corrected chi connectivity index (χ2v) is 10.5. The Morgan fingerprint density at radius 2 is 1.91 bits per heavy atom. The molecule has 8 nitrogen and oxygen atoms in total. The Morgan fingerprint density at radius 1 is 1.20 bits per heavy atom. The predicted octanol–water partition coefficient (Wildman–Crippen LogP) is 3.36. The minimum Gasteiger partial charge on any atom is -0.496 e. The Kier molecular flexibility index (Phi) is 6.33. The van der Waals surface area contributed by atoms with Crippen molar-refractivity contribution >= 4 is 23.3 Å². The number of amides is 2. The summed E-state index contributed by atoms with van der Waals surface area (Å²) >= 11 is 1.51. The lowest BCUT2D eigenvalue weighted by Crippen LogP contribution is -2.53. The monoisotopic (exact) mass is 497 g/mol. The van der Waals surface area contributed by atoms with Gasteiger partial charge in [-0.3, -0.25) is 4.90 Å². The third-order valence-electron chi connectivity index (χ3n) is 7.59. The fourth-order valence-corrected chi connectivity index (χ4v) is 6.96. The van der Waals surface area contributed by atoms with Crippen molar-refractivity contribution in [1.82, 2.24) is 15.5 Å². The molecule has 2 amide bonds. The van der Waals surface area contributed by atoms with Crippen LogP contribution >= 0.6 is 11.3 Å². The number of ether oxygens (including phenoxy) is 2. The van der Waals surface area contributed by atoms with Crippen molar-refractivity contribution in [1.29, 1.82) is 0 Å². The van der Waals surface area contributed by atoms with Crippen LogP contribution in [-0.2, 0) is 15.1 Å². The number of rotatable bonds is 6. The maximum atomic E-state index is 12.9. The van der Waals surface area contributed by atoms with Gasteiger partial charge < -0.3 is 25.2 Å². The molecular formula is C26H31N3O5S. The molecule has 3 N–H and O–H groups in total. The first kappa shape index (κ1) is 23.8. The summed E-state index contributed by atoms with van der Waals surface area (Å²) in [6, 6.07) is 8.97. The van der Waals surface area contributed by atoms with Crippen molar-refractivity contribution in [3.63, 3.8) is 0 Å². The lowest BCUT2D eigenvalue weighted by Gasteiger charge is -2.45. The molecule has 3 atom stereocenters. The second-order valence-electron chi connectivity index (χ2n) is 9.58. The molecule has 1 aromatic carbocycles. The number of urea groups is 1. The largest absolute Gasteiger partial charge is 0.496 e. The normalized spacial score (nSPS) is 28.5. The number of piperidine rings is 1. The van der Waals surface area contributed by atoms with Crippen LogP contribution in [0.15, 0.2) is 47.0 Å². The van der Waals surface area contributed by atoms with Gasteiger partial charge in [0.05, 0.1) is 31.4 Å². The number of aliphatic hydroxyl groups is 1. The Bertz CT molecular complexity index is 1160. The van der Waals surface area contributed by atoms with Crippen molar-refractivity contribution in [2.24, 2.45) is 0 Å². The summed E-state index contributed by atoms with van der Waals surface area (Å²) < 4.78 is 10.7. The number of nitrogens with one attached hydrogen (secondary N) is 2. The summed E-state index contributed by atoms with van der Waals surface area (Å²) in [4.78, 5) is 28.8. The summed E-state index contributed by atoms with van der Waals surface area (Å²) in [7, 11) is 2.98. The van der Waals surface area contributed by atoms with Gasteiger partial charge in [-0.1, -0.05) is 18.2 Å². The lowest BCUT2D eigenvalue weighted by molar-refractivity contribution is -0.136. The quantitative estimate of drug-likeness (QED) is 0.530. The molecule has 2 saturated heterocycles. The van der Waals surface area contributed by atoms with E-state index in [-0.39, 0.29) is 18.1 Å². The van der Waals surface area contributed by atoms with Gasteiger partial charge in [0.15, 0.2) is 0 Å². The first-order valence-electron chi connectivity index (χ1n) is 11.9. The number of esters is 1. The van der Waals surface area contributed by atoms with Gasteiger partial charge in [-0.2, -0.15) is 0 Å². The number of fused-ring (bicyclic) bond motifs is 2. The highest BCUT2D eigenvalue weighted by Crippen LogP contribution is 2.48. The molecular weight excluding hydrogens is 466 g/mol. The van der Waals surface area contributed by atoms with E-state index in [4.69, 9.17) is 9.47 Å². The van der Waals surface area contributed by atoms with E-state index in [1.807, 2.05) is 42.6 Å². The van der Waals surface area contributed by atoms with Gasteiger partial charge >= 0.3 is 12.0 Å². The van der Waals surface area contributed by atoms with Crippen molar-refractivity contribution < 1.29 is 24.2 Å². The lowest BCUT2D eigenvalue weighted by atomic mass is 9.80. The van der Waals surface area contributed by atoms with Crippen molar-refractivity contribution in [3.05, 3.63) is 63.0 Å². The Labute approximate surface area is 208 Å². The first-order valence-corrected chi connectivity index (χ1v) is 12.8. The van der Waals surface area contributed by atoms with Gasteiger partial charge in [-0.05, 0) is 55.7 Å². The van der Waals surface area contributed by atoms with Crippen LogP contribution < -0.4 is 15.4 Å². The molecule has 3 aliphatic rings. The highest BCUT2D eigenvalue weighted by molar-refractivity contribution is 7.10. The highest BCUT2D eigenvalue weighted by Gasteiger charge is 2.50. The summed E-state index contributed by atoms with van der Waals surface area (Å²) in [6.07, 6.45) is 3.01. The predicted molar refractivity (Wildman–Crippen MR) is 132 cm³/mol. The molecule has 2 bridgehead atoms. The fraction of sp³-hybridized carbons (Fsp3) is 0.462. The molecule has 3 aliphatic heterocycles. The average molecular weight is 498 g/mol. The summed E-state index contributed by atoms with van der Waals surface area (Å²) in [5.41, 5.74) is 1.85. The van der Waals surface area contributed by atoms with Gasteiger partial charge in [0, 0.05) is 34.8 Å². The van der Waals surface area contributed by atoms with Crippen molar-refractivity contribution in [2.45, 2.75) is 56.3 Å². The van der Waals surface area contributed by atoms with Crippen LogP contribution in [0.5, 0.6) is 5.75 Å². The number of carbonyl (C=O) groups is 2. The van der Waals surface area contributed by atoms with Gasteiger partial charge in [-0.25, -0.2) is 9.59 Å². The Hall–Kier alpha value is -2.88. The van der Waals surface area contributed by atoms with E-state index in [0.29, 0.717) is 36.4 Å². The van der Waals surface area contributed by atoms with E-state index in [1.165, 1.54) is 18.4 Å². The first-order chi connectivity index (χ1) is 16.8. The van der Waals surface area contributed by atoms with Crippen LogP contribution in [0.3, 0.4) is 0 Å². The summed E-state index contributed by atoms with van der Waals surface area (Å²) in [5.74, 6) is 0.235. The molecule has 1 aromatic heterocycles. The number of benzene rings is 1. The Morgan fingerprint density at radius 3 is 2.54 bits per heavy atom. The number of aryl methyl sites for hydroxylation is 1. The minimum absolute atomic E-state index is 0.115. The molecule has 2 aromatic rings. The van der Waals surface area contributed by atoms with Crippen LogP contribution in [0.2, 0.25) is 0 Å². The molecule has 4 heterocycles. The number of carbonyl (C=O) groups excluding carboxylic acids is 2. The van der Waals surface area contributed by atoms with Crippen molar-refractivity contribution in [3.8, 4) is 5.75 Å². The molecule has 186 valence electrons. The Balaban J connectivity index is 1.46. The minimum atomic E-state index is -0.984. The van der Waals surface area contributed by atoms with Crippen LogP contribution in [0, 0.1) is 6.92 Å². The van der Waals surface area contributed by atoms with Crippen LogP contribution in [0.4, 0.5) is 4.79 Å². The number of thiophene rings is 1. The number of para-hydroxylation sites is 1. The van der Waals surface area contributed by atoms with Gasteiger partial charge in [0.1, 0.15) is 5.75 Å². The average Bonchev–Trinajstić information content (AvgIpc) is 3.38. The smallest absolute Gasteiger partial charge is 0.338 e. The zero-order valence-corrected chi connectivity index (χ0v) is 21.0. The van der Waals surface area contributed by atoms with Crippen LogP contribution in [-0.4, -0.2) is 54.9 Å². The third kappa shape index (κ3) is 4.22. The molecule has 0 spiro atoms. The topological polar surface area (TPSA) is 100 Å². The molecule has 0 aliphatic carbocycles. The van der Waals surface area contributed by atoms with E-state index in [1.54, 1.807) is 7.11 Å². The van der Waals surface area contributed by atoms with E-state index in [9.17, 15) is 14.7 Å². The highest BCUT2D eigenvalue weighted by atomic mass is 32.1. The zero-order chi connectivity index (χ0) is 24.7. The van der Waals surface area contributed by atoms with E-state index < -0.39 is 17.6 Å². The number of methoxy groups -OCH3 is 2. The van der Waals surface area contributed by atoms with E-state index in [2.05, 4.69) is 15.5 Å². The maximum absolute atomic E-state index is 12.9. The fourth-order valence-electron chi connectivity index (χ4n) is 5.98. The molecule has 2 fully saturated rings. The second kappa shape index (κ2) is 9.29. The van der Waals surface area contributed by atoms with Crippen LogP contribution in [0.1, 0.15) is 47.7 Å². The van der Waals surface area contributed by atoms with E-state index >= 15 is 0 Å². The van der Waals surface area contributed by atoms with E-state index in [0.717, 1.165) is 28.8 Å². The standard InChI is InChI=1S/C26H31N3O5S/c1-15-10-11-35-23(15)22-21(24(30)34-3)19(27-25(31)28-22)14-29-16-8-9-17(29)13-26(32,12-16)18-6-4-5-7-20(18)33-2/h4-7,10-11,16-17,22,32H,8-9,12-14H2,1-3H3,(H2,27,28,31). The zero-order valence-electron chi connectivity index (χ0n) is 20.2. The third-order valence-corrected chi connectivity index (χ3v) is 8.67. The molecule has 35 heavy (non-hydrogen) atoms. The SMILES string of the molecule is COC(=O)C1=C(CN2C3CCC2CC(O)(c2ccccc2OC)C3)NC(=O)NC1c1sccc1C. The molecule has 9 heteroatoms. The van der Waals surface area contributed by atoms with Crippen molar-refractivity contribution in [2.75, 3.05) is 20.8 Å². The maximum Gasteiger partial charge on any atom is 0.338 e. The number of hydrogen-bond acceptors (Lipinski definition) is 7. The number of nitrogens with zero attached hydrogens (tertiary/aromatic N) is 1.